The molecular formula is C18H15FN4O2. The number of anilines is 1. The lowest BCUT2D eigenvalue weighted by Crippen LogP contribution is -2.15. The molecule has 1 amide bonds. The lowest BCUT2D eigenvalue weighted by molar-refractivity contribution is -0.117. The maximum Gasteiger partial charge on any atom is 0.260 e. The molecular weight excluding hydrogens is 323 g/mol. The van der Waals surface area contributed by atoms with Crippen LogP contribution in [0, 0.1) is 17.7 Å². The summed E-state index contributed by atoms with van der Waals surface area (Å²) in [6, 6.07) is 7.56. The van der Waals surface area contributed by atoms with Crippen molar-refractivity contribution in [2.24, 2.45) is 11.8 Å². The van der Waals surface area contributed by atoms with Crippen molar-refractivity contribution in [1.82, 2.24) is 15.1 Å². The normalized spacial score (nSPS) is 18.8. The van der Waals surface area contributed by atoms with Gasteiger partial charge < -0.3 is 9.84 Å². The highest BCUT2D eigenvalue weighted by Gasteiger charge is 2.39. The minimum atomic E-state index is -0.448. The molecule has 0 saturated heterocycles. The van der Waals surface area contributed by atoms with Crippen LogP contribution >= 0.6 is 0 Å². The smallest absolute Gasteiger partial charge is 0.260 e. The van der Waals surface area contributed by atoms with Gasteiger partial charge in [-0.1, -0.05) is 12.1 Å². The largest absolute Gasteiger partial charge is 0.334 e. The first-order chi connectivity index (χ1) is 12.1. The molecule has 2 heterocycles. The maximum atomic E-state index is 13.7. The summed E-state index contributed by atoms with van der Waals surface area (Å²) in [5, 5.41) is 6.76. The summed E-state index contributed by atoms with van der Waals surface area (Å²) in [5.74, 6) is 0.379. The summed E-state index contributed by atoms with van der Waals surface area (Å²) in [6.45, 7) is 2.02. The third-order valence-electron chi connectivity index (χ3n) is 4.28. The van der Waals surface area contributed by atoms with Crippen molar-refractivity contribution in [1.29, 1.82) is 0 Å². The van der Waals surface area contributed by atoms with Crippen molar-refractivity contribution >= 4 is 11.6 Å². The Balaban J connectivity index is 1.66. The number of hydrogen-bond acceptors (Lipinski definition) is 5. The summed E-state index contributed by atoms with van der Waals surface area (Å²) in [6.07, 6.45) is 4.11. The van der Waals surface area contributed by atoms with E-state index in [0.29, 0.717) is 23.0 Å². The second kappa shape index (κ2) is 6.08. The standard InChI is InChI=1S/C18H15FN4O2/c1-10-8-13(10)17(24)21-15-3-2-12(19)9-14(15)18-22-16(23-25-18)11-4-6-20-7-5-11/h2-7,9-10,13H,8H2,1H3,(H,21,24)/t10-,13+/m1/s1. The van der Waals surface area contributed by atoms with Gasteiger partial charge in [0.2, 0.25) is 11.7 Å². The number of rotatable bonds is 4. The molecule has 7 heteroatoms. The third-order valence-corrected chi connectivity index (χ3v) is 4.28. The van der Waals surface area contributed by atoms with Crippen molar-refractivity contribution in [3.63, 3.8) is 0 Å². The Labute approximate surface area is 143 Å². The Morgan fingerprint density at radius 1 is 1.28 bits per heavy atom. The van der Waals surface area contributed by atoms with E-state index in [2.05, 4.69) is 20.4 Å². The molecule has 0 spiro atoms. The molecule has 1 aromatic carbocycles. The zero-order valence-electron chi connectivity index (χ0n) is 13.4. The van der Waals surface area contributed by atoms with Gasteiger partial charge in [-0.05, 0) is 42.7 Å². The second-order valence-corrected chi connectivity index (χ2v) is 6.16. The lowest BCUT2D eigenvalue weighted by atomic mass is 10.1. The summed E-state index contributed by atoms with van der Waals surface area (Å²) in [7, 11) is 0. The zero-order valence-corrected chi connectivity index (χ0v) is 13.4. The monoisotopic (exact) mass is 338 g/mol. The van der Waals surface area contributed by atoms with Crippen LogP contribution in [0.1, 0.15) is 13.3 Å². The molecule has 1 aliphatic carbocycles. The first-order valence-corrected chi connectivity index (χ1v) is 7.96. The van der Waals surface area contributed by atoms with E-state index in [0.717, 1.165) is 12.0 Å². The molecule has 1 N–H and O–H groups in total. The molecule has 2 aromatic heterocycles. The quantitative estimate of drug-likeness (QED) is 0.787. The molecule has 1 aliphatic rings. The van der Waals surface area contributed by atoms with Crippen LogP contribution in [0.15, 0.2) is 47.2 Å². The third kappa shape index (κ3) is 3.13. The number of hydrogen-bond donors (Lipinski definition) is 1. The van der Waals surface area contributed by atoms with Crippen LogP contribution in [0.4, 0.5) is 10.1 Å². The molecule has 25 heavy (non-hydrogen) atoms. The zero-order chi connectivity index (χ0) is 17.4. The van der Waals surface area contributed by atoms with Gasteiger partial charge >= 0.3 is 0 Å². The number of aromatic nitrogens is 3. The van der Waals surface area contributed by atoms with Crippen molar-refractivity contribution in [2.75, 3.05) is 5.32 Å². The van der Waals surface area contributed by atoms with E-state index in [-0.39, 0.29) is 17.7 Å². The summed E-state index contributed by atoms with van der Waals surface area (Å²) < 4.78 is 19.0. The van der Waals surface area contributed by atoms with Crippen LogP contribution in [-0.2, 0) is 4.79 Å². The molecule has 6 nitrogen and oxygen atoms in total. The van der Waals surface area contributed by atoms with Gasteiger partial charge in [0.25, 0.3) is 5.89 Å². The van der Waals surface area contributed by atoms with E-state index >= 15 is 0 Å². The molecule has 2 atom stereocenters. The predicted octanol–water partition coefficient (Wildman–Crippen LogP) is 3.53. The number of carbonyl (C=O) groups is 1. The van der Waals surface area contributed by atoms with Crippen LogP contribution in [-0.4, -0.2) is 21.0 Å². The van der Waals surface area contributed by atoms with E-state index in [1.807, 2.05) is 6.92 Å². The van der Waals surface area contributed by atoms with E-state index < -0.39 is 5.82 Å². The first kappa shape index (κ1) is 15.4. The molecule has 0 bridgehead atoms. The van der Waals surface area contributed by atoms with Gasteiger partial charge in [-0.2, -0.15) is 4.98 Å². The van der Waals surface area contributed by atoms with Crippen molar-refractivity contribution in [3.8, 4) is 22.8 Å². The molecule has 0 unspecified atom stereocenters. The van der Waals surface area contributed by atoms with Crippen molar-refractivity contribution in [2.45, 2.75) is 13.3 Å². The van der Waals surface area contributed by atoms with Crippen LogP contribution in [0.3, 0.4) is 0 Å². The van der Waals surface area contributed by atoms with Crippen LogP contribution in [0.25, 0.3) is 22.8 Å². The fourth-order valence-electron chi connectivity index (χ4n) is 2.67. The number of halogens is 1. The number of carbonyl (C=O) groups excluding carboxylic acids is 1. The Morgan fingerprint density at radius 3 is 2.76 bits per heavy atom. The van der Waals surface area contributed by atoms with Crippen LogP contribution < -0.4 is 5.32 Å². The SMILES string of the molecule is C[C@@H]1C[C@@H]1C(=O)Nc1ccc(F)cc1-c1nc(-c2ccncc2)no1. The topological polar surface area (TPSA) is 80.9 Å². The molecule has 1 saturated carbocycles. The number of pyridine rings is 1. The van der Waals surface area contributed by atoms with Crippen molar-refractivity contribution in [3.05, 3.63) is 48.5 Å². The lowest BCUT2D eigenvalue weighted by Gasteiger charge is -2.08. The van der Waals surface area contributed by atoms with Gasteiger partial charge in [0, 0.05) is 23.9 Å². The number of nitrogens with zero attached hydrogens (tertiary/aromatic N) is 3. The van der Waals surface area contributed by atoms with E-state index in [9.17, 15) is 9.18 Å². The highest BCUT2D eigenvalue weighted by atomic mass is 19.1. The van der Waals surface area contributed by atoms with Gasteiger partial charge in [-0.25, -0.2) is 4.39 Å². The van der Waals surface area contributed by atoms with E-state index in [1.165, 1.54) is 18.2 Å². The Morgan fingerprint density at radius 2 is 2.04 bits per heavy atom. The fraction of sp³-hybridized carbons (Fsp3) is 0.222. The molecule has 0 aliphatic heterocycles. The Bertz CT molecular complexity index is 926. The minimum Gasteiger partial charge on any atom is -0.334 e. The highest BCUT2D eigenvalue weighted by molar-refractivity contribution is 5.97. The fourth-order valence-corrected chi connectivity index (χ4v) is 2.67. The molecule has 1 fully saturated rings. The average molecular weight is 338 g/mol. The maximum absolute atomic E-state index is 13.7. The average Bonchev–Trinajstić information content (AvgIpc) is 3.17. The molecule has 126 valence electrons. The van der Waals surface area contributed by atoms with Crippen molar-refractivity contribution < 1.29 is 13.7 Å². The summed E-state index contributed by atoms with van der Waals surface area (Å²) in [4.78, 5) is 20.5. The van der Waals surface area contributed by atoms with Crippen LogP contribution in [0.5, 0.6) is 0 Å². The first-order valence-electron chi connectivity index (χ1n) is 7.96. The predicted molar refractivity (Wildman–Crippen MR) is 88.8 cm³/mol. The highest BCUT2D eigenvalue weighted by Crippen LogP contribution is 2.39. The Hall–Kier alpha value is -3.09. The number of amides is 1. The van der Waals surface area contributed by atoms with Gasteiger partial charge in [-0.15, -0.1) is 0 Å². The van der Waals surface area contributed by atoms with Crippen LogP contribution in [0.2, 0.25) is 0 Å². The van der Waals surface area contributed by atoms with Gasteiger partial charge in [-0.3, -0.25) is 9.78 Å². The van der Waals surface area contributed by atoms with Gasteiger partial charge in [0.15, 0.2) is 0 Å². The number of benzene rings is 1. The molecule has 0 radical (unpaired) electrons. The van der Waals surface area contributed by atoms with Gasteiger partial charge in [0.1, 0.15) is 5.82 Å². The van der Waals surface area contributed by atoms with Gasteiger partial charge in [0.05, 0.1) is 11.3 Å². The minimum absolute atomic E-state index is 0.00738. The molecule has 3 aromatic rings. The van der Waals surface area contributed by atoms with E-state index in [4.69, 9.17) is 4.52 Å². The molecule has 4 rings (SSSR count). The van der Waals surface area contributed by atoms with E-state index in [1.54, 1.807) is 24.5 Å². The summed E-state index contributed by atoms with van der Waals surface area (Å²) in [5.41, 5.74) is 1.55. The second-order valence-electron chi connectivity index (χ2n) is 6.16. The summed E-state index contributed by atoms with van der Waals surface area (Å²) >= 11 is 0. The Kier molecular flexibility index (Phi) is 3.76. The number of nitrogens with one attached hydrogen (secondary N) is 1.